The molecule has 15 heteroatoms. The third-order valence-corrected chi connectivity index (χ3v) is 4.51. The second kappa shape index (κ2) is 8.43. The van der Waals surface area contributed by atoms with E-state index in [0.29, 0.717) is 0 Å². The fourth-order valence-corrected chi connectivity index (χ4v) is 3.09. The molecule has 0 aliphatic rings. The van der Waals surface area contributed by atoms with Crippen molar-refractivity contribution >= 4 is 26.5 Å². The molecule has 0 fully saturated rings. The SMILES string of the molecule is CS(=O)(=O)Nc1ncn(-c2cc(F)c(COc3ccc(OS(=O)(=O)F)cc3)c(F)c2)n1. The molecule has 2 aromatic carbocycles. The van der Waals surface area contributed by atoms with Crippen molar-refractivity contribution in [2.45, 2.75) is 6.61 Å². The Labute approximate surface area is 174 Å². The monoisotopic (exact) mass is 478 g/mol. The van der Waals surface area contributed by atoms with E-state index >= 15 is 0 Å². The highest BCUT2D eigenvalue weighted by atomic mass is 32.3. The Kier molecular flexibility index (Phi) is 6.08. The lowest BCUT2D eigenvalue weighted by atomic mass is 10.2. The smallest absolute Gasteiger partial charge is 0.488 e. The van der Waals surface area contributed by atoms with Gasteiger partial charge >= 0.3 is 10.5 Å². The van der Waals surface area contributed by atoms with Crippen molar-refractivity contribution in [1.29, 1.82) is 0 Å². The van der Waals surface area contributed by atoms with Crippen LogP contribution in [0.5, 0.6) is 11.5 Å². The predicted molar refractivity (Wildman–Crippen MR) is 101 cm³/mol. The van der Waals surface area contributed by atoms with Crippen molar-refractivity contribution < 1.29 is 38.4 Å². The number of nitrogens with zero attached hydrogens (tertiary/aromatic N) is 3. The quantitative estimate of drug-likeness (QED) is 0.487. The fraction of sp³-hybridized carbons (Fsp3) is 0.125. The van der Waals surface area contributed by atoms with Crippen molar-refractivity contribution in [2.24, 2.45) is 0 Å². The highest BCUT2D eigenvalue weighted by Crippen LogP contribution is 2.23. The number of sulfonamides is 1. The zero-order valence-electron chi connectivity index (χ0n) is 15.5. The average Bonchev–Trinajstić information content (AvgIpc) is 3.07. The number of nitrogens with one attached hydrogen (secondary N) is 1. The van der Waals surface area contributed by atoms with Crippen molar-refractivity contribution in [1.82, 2.24) is 14.8 Å². The van der Waals surface area contributed by atoms with Crippen molar-refractivity contribution in [3.8, 4) is 17.2 Å². The standard InChI is InChI=1S/C16H13F3N4O6S2/c1-30(24,25)22-16-20-9-23(21-16)10-6-14(17)13(15(18)7-10)8-28-11-2-4-12(5-3-11)29-31(19,26)27/h2-7,9H,8H2,1H3,(H,21,22). The summed E-state index contributed by atoms with van der Waals surface area (Å²) in [5.74, 6) is -2.41. The molecule has 0 saturated heterocycles. The van der Waals surface area contributed by atoms with Crippen LogP contribution in [0.15, 0.2) is 42.7 Å². The van der Waals surface area contributed by atoms with Crippen LogP contribution in [-0.4, -0.2) is 37.9 Å². The summed E-state index contributed by atoms with van der Waals surface area (Å²) in [6.07, 6.45) is 1.96. The molecule has 0 spiro atoms. The van der Waals surface area contributed by atoms with E-state index in [0.717, 1.165) is 41.5 Å². The van der Waals surface area contributed by atoms with Crippen LogP contribution in [0.4, 0.5) is 18.6 Å². The van der Waals surface area contributed by atoms with E-state index in [9.17, 15) is 29.5 Å². The minimum absolute atomic E-state index is 0.0539. The van der Waals surface area contributed by atoms with Gasteiger partial charge in [-0.25, -0.2) is 21.9 Å². The van der Waals surface area contributed by atoms with Crippen LogP contribution in [0.1, 0.15) is 5.56 Å². The van der Waals surface area contributed by atoms with Crippen LogP contribution in [-0.2, 0) is 27.1 Å². The van der Waals surface area contributed by atoms with Gasteiger partial charge in [0, 0.05) is 12.1 Å². The van der Waals surface area contributed by atoms with Crippen molar-refractivity contribution in [3.05, 3.63) is 59.9 Å². The molecule has 1 N–H and O–H groups in total. The van der Waals surface area contributed by atoms with Gasteiger partial charge in [-0.3, -0.25) is 4.72 Å². The molecule has 1 aromatic heterocycles. The van der Waals surface area contributed by atoms with Gasteiger partial charge in [0.05, 0.1) is 17.5 Å². The van der Waals surface area contributed by atoms with Gasteiger partial charge in [-0.05, 0) is 24.3 Å². The van der Waals surface area contributed by atoms with E-state index in [1.807, 2.05) is 4.72 Å². The molecule has 0 atom stereocenters. The van der Waals surface area contributed by atoms with E-state index in [1.54, 1.807) is 0 Å². The topological polar surface area (TPSA) is 129 Å². The lowest BCUT2D eigenvalue weighted by Crippen LogP contribution is -2.11. The lowest BCUT2D eigenvalue weighted by molar-refractivity contribution is 0.292. The van der Waals surface area contributed by atoms with Crippen LogP contribution in [0.25, 0.3) is 5.69 Å². The second-order valence-corrected chi connectivity index (χ2v) is 8.71. The van der Waals surface area contributed by atoms with E-state index < -0.39 is 44.3 Å². The zero-order valence-corrected chi connectivity index (χ0v) is 17.1. The summed E-state index contributed by atoms with van der Waals surface area (Å²) in [5, 5.41) is 3.77. The van der Waals surface area contributed by atoms with Gasteiger partial charge in [-0.1, -0.05) is 3.89 Å². The predicted octanol–water partition coefficient (Wildman–Crippen LogP) is 2.09. The first kappa shape index (κ1) is 22.4. The minimum Gasteiger partial charge on any atom is -0.489 e. The molecule has 0 radical (unpaired) electrons. The van der Waals surface area contributed by atoms with Crippen LogP contribution < -0.4 is 13.6 Å². The Hall–Kier alpha value is -3.33. The van der Waals surface area contributed by atoms with Crippen molar-refractivity contribution in [3.63, 3.8) is 0 Å². The van der Waals surface area contributed by atoms with Gasteiger partial charge in [-0.2, -0.15) is 13.4 Å². The highest BCUT2D eigenvalue weighted by molar-refractivity contribution is 7.92. The number of aromatic nitrogens is 3. The molecule has 3 aromatic rings. The van der Waals surface area contributed by atoms with Gasteiger partial charge in [0.25, 0.3) is 5.95 Å². The van der Waals surface area contributed by atoms with Gasteiger partial charge in [0.2, 0.25) is 10.0 Å². The number of halogens is 3. The molecule has 0 unspecified atom stereocenters. The van der Waals surface area contributed by atoms with E-state index in [1.165, 1.54) is 12.1 Å². The maximum Gasteiger partial charge on any atom is 0.488 e. The third kappa shape index (κ3) is 6.32. The highest BCUT2D eigenvalue weighted by Gasteiger charge is 2.15. The Morgan fingerprint density at radius 1 is 1.03 bits per heavy atom. The summed E-state index contributed by atoms with van der Waals surface area (Å²) in [6.45, 7) is -0.516. The molecule has 31 heavy (non-hydrogen) atoms. The molecule has 0 saturated carbocycles. The number of anilines is 1. The van der Waals surface area contributed by atoms with Gasteiger partial charge in [0.1, 0.15) is 36.1 Å². The summed E-state index contributed by atoms with van der Waals surface area (Å²) in [6, 6.07) is 6.52. The number of benzene rings is 2. The molecule has 10 nitrogen and oxygen atoms in total. The van der Waals surface area contributed by atoms with Gasteiger partial charge in [0.15, 0.2) is 0 Å². The normalized spacial score (nSPS) is 11.9. The fourth-order valence-electron chi connectivity index (χ4n) is 2.32. The minimum atomic E-state index is -5.18. The number of rotatable bonds is 8. The van der Waals surface area contributed by atoms with E-state index in [4.69, 9.17) is 4.74 Å². The second-order valence-electron chi connectivity index (χ2n) is 6.01. The molecule has 0 aliphatic heterocycles. The maximum absolute atomic E-state index is 14.4. The Balaban J connectivity index is 1.72. The van der Waals surface area contributed by atoms with Crippen LogP contribution in [0, 0.1) is 11.6 Å². The van der Waals surface area contributed by atoms with Crippen molar-refractivity contribution in [2.75, 3.05) is 11.0 Å². The Morgan fingerprint density at radius 3 is 2.16 bits per heavy atom. The molecule has 166 valence electrons. The zero-order chi connectivity index (χ0) is 22.8. The Morgan fingerprint density at radius 2 is 1.61 bits per heavy atom. The molecule has 0 amide bonds. The molecular formula is C16H13F3N4O6S2. The first-order valence-corrected chi connectivity index (χ1v) is 11.3. The summed E-state index contributed by atoms with van der Waals surface area (Å²) >= 11 is 0. The first-order valence-electron chi connectivity index (χ1n) is 8.14. The molecule has 0 bridgehead atoms. The average molecular weight is 478 g/mol. The van der Waals surface area contributed by atoms with Gasteiger partial charge in [-0.15, -0.1) is 5.10 Å². The number of hydrogen-bond donors (Lipinski definition) is 1. The molecule has 0 aliphatic carbocycles. The maximum atomic E-state index is 14.4. The molecule has 1 heterocycles. The lowest BCUT2D eigenvalue weighted by Gasteiger charge is -2.10. The summed E-state index contributed by atoms with van der Waals surface area (Å²) < 4.78 is 96.7. The Bertz CT molecular complexity index is 1290. The first-order chi connectivity index (χ1) is 14.4. The van der Waals surface area contributed by atoms with Crippen LogP contribution in [0.3, 0.4) is 0 Å². The number of hydrogen-bond acceptors (Lipinski definition) is 8. The largest absolute Gasteiger partial charge is 0.489 e. The van der Waals surface area contributed by atoms with Crippen LogP contribution >= 0.6 is 0 Å². The molecule has 3 rings (SSSR count). The van der Waals surface area contributed by atoms with Gasteiger partial charge < -0.3 is 8.92 Å². The third-order valence-electron chi connectivity index (χ3n) is 3.56. The van der Waals surface area contributed by atoms with E-state index in [2.05, 4.69) is 14.3 Å². The summed E-state index contributed by atoms with van der Waals surface area (Å²) in [4.78, 5) is 3.69. The van der Waals surface area contributed by atoms with E-state index in [-0.39, 0.29) is 23.1 Å². The summed E-state index contributed by atoms with van der Waals surface area (Å²) in [7, 11) is -8.80. The molecular weight excluding hydrogens is 465 g/mol. The number of ether oxygens (including phenoxy) is 1. The van der Waals surface area contributed by atoms with Crippen LogP contribution in [0.2, 0.25) is 0 Å². The summed E-state index contributed by atoms with van der Waals surface area (Å²) in [5.41, 5.74) is -0.466.